The first-order chi connectivity index (χ1) is 8.70. The van der Waals surface area contributed by atoms with Crippen molar-refractivity contribution < 1.29 is 9.53 Å². The molecule has 0 bridgehead atoms. The van der Waals surface area contributed by atoms with Crippen LogP contribution in [0.15, 0.2) is 18.2 Å². The molecule has 18 heavy (non-hydrogen) atoms. The normalized spacial score (nSPS) is 18.9. The van der Waals surface area contributed by atoms with Crippen LogP contribution in [0.2, 0.25) is 5.02 Å². The van der Waals surface area contributed by atoms with Crippen LogP contribution in [0.4, 0.5) is 0 Å². The van der Waals surface area contributed by atoms with Gasteiger partial charge in [0.1, 0.15) is 5.75 Å². The van der Waals surface area contributed by atoms with E-state index < -0.39 is 0 Å². The maximum Gasteiger partial charge on any atom is 0.166 e. The van der Waals surface area contributed by atoms with Gasteiger partial charge in [-0.25, -0.2) is 0 Å². The molecule has 1 N–H and O–H groups in total. The minimum Gasteiger partial charge on any atom is -0.496 e. The number of nitrogens with one attached hydrogen (secondary N) is 1. The van der Waals surface area contributed by atoms with Gasteiger partial charge in [-0.05, 0) is 50.0 Å². The molecule has 1 aliphatic heterocycles. The second-order valence-corrected chi connectivity index (χ2v) is 5.10. The summed E-state index contributed by atoms with van der Waals surface area (Å²) in [6.07, 6.45) is 2.66. The molecule has 1 unspecified atom stereocenters. The Balaban J connectivity index is 2.00. The zero-order valence-electron chi connectivity index (χ0n) is 10.5. The maximum atomic E-state index is 12.2. The second kappa shape index (κ2) is 6.21. The average molecular weight is 268 g/mol. The molecule has 1 saturated heterocycles. The fourth-order valence-corrected chi connectivity index (χ4v) is 2.50. The van der Waals surface area contributed by atoms with E-state index in [4.69, 9.17) is 16.3 Å². The number of ketones is 1. The van der Waals surface area contributed by atoms with Crippen molar-refractivity contribution in [3.63, 3.8) is 0 Å². The number of hydrogen-bond donors (Lipinski definition) is 1. The highest BCUT2D eigenvalue weighted by atomic mass is 35.5. The van der Waals surface area contributed by atoms with Crippen LogP contribution in [0.3, 0.4) is 0 Å². The van der Waals surface area contributed by atoms with Crippen LogP contribution in [0.25, 0.3) is 0 Å². The van der Waals surface area contributed by atoms with Gasteiger partial charge >= 0.3 is 0 Å². The van der Waals surface area contributed by atoms with Crippen LogP contribution in [0, 0.1) is 5.92 Å². The van der Waals surface area contributed by atoms with Crippen molar-refractivity contribution in [2.45, 2.75) is 19.3 Å². The monoisotopic (exact) mass is 267 g/mol. The third-order valence-corrected chi connectivity index (χ3v) is 3.64. The summed E-state index contributed by atoms with van der Waals surface area (Å²) >= 11 is 5.93. The van der Waals surface area contributed by atoms with E-state index in [1.54, 1.807) is 25.3 Å². The molecular formula is C14H18ClNO2. The largest absolute Gasteiger partial charge is 0.496 e. The van der Waals surface area contributed by atoms with Crippen molar-refractivity contribution in [3.8, 4) is 5.75 Å². The van der Waals surface area contributed by atoms with Crippen LogP contribution in [0.5, 0.6) is 5.75 Å². The highest BCUT2D eigenvalue weighted by Gasteiger charge is 2.18. The molecule has 0 radical (unpaired) electrons. The molecule has 1 fully saturated rings. The first-order valence-corrected chi connectivity index (χ1v) is 6.66. The van der Waals surface area contributed by atoms with Crippen molar-refractivity contribution in [2.75, 3.05) is 20.2 Å². The van der Waals surface area contributed by atoms with Gasteiger partial charge in [-0.2, -0.15) is 0 Å². The fraction of sp³-hybridized carbons (Fsp3) is 0.500. The summed E-state index contributed by atoms with van der Waals surface area (Å²) in [4.78, 5) is 12.2. The van der Waals surface area contributed by atoms with Crippen molar-refractivity contribution in [1.82, 2.24) is 5.32 Å². The highest BCUT2D eigenvalue weighted by Crippen LogP contribution is 2.25. The van der Waals surface area contributed by atoms with Gasteiger partial charge in [-0.1, -0.05) is 11.6 Å². The Hall–Kier alpha value is -1.06. The molecule has 0 aliphatic carbocycles. The van der Waals surface area contributed by atoms with Gasteiger partial charge in [0.2, 0.25) is 0 Å². The summed E-state index contributed by atoms with van der Waals surface area (Å²) in [6, 6.07) is 5.17. The van der Waals surface area contributed by atoms with Gasteiger partial charge < -0.3 is 10.1 Å². The van der Waals surface area contributed by atoms with Crippen molar-refractivity contribution in [1.29, 1.82) is 0 Å². The molecule has 1 atom stereocenters. The third kappa shape index (κ3) is 3.24. The van der Waals surface area contributed by atoms with Crippen LogP contribution >= 0.6 is 11.6 Å². The summed E-state index contributed by atoms with van der Waals surface area (Å²) in [5.41, 5.74) is 0.593. The van der Waals surface area contributed by atoms with E-state index in [1.165, 1.54) is 6.42 Å². The predicted octanol–water partition coefficient (Wildman–Crippen LogP) is 2.92. The lowest BCUT2D eigenvalue weighted by Gasteiger charge is -2.10. The Morgan fingerprint density at radius 3 is 3.06 bits per heavy atom. The number of ether oxygens (including phenoxy) is 1. The lowest BCUT2D eigenvalue weighted by atomic mass is 9.97. The molecule has 1 heterocycles. The predicted molar refractivity (Wildman–Crippen MR) is 72.5 cm³/mol. The smallest absolute Gasteiger partial charge is 0.166 e. The lowest BCUT2D eigenvalue weighted by molar-refractivity contribution is 0.0971. The number of methoxy groups -OCH3 is 1. The Labute approximate surface area is 112 Å². The lowest BCUT2D eigenvalue weighted by Crippen LogP contribution is -2.11. The van der Waals surface area contributed by atoms with E-state index in [-0.39, 0.29) is 5.78 Å². The molecule has 0 amide bonds. The van der Waals surface area contributed by atoms with Gasteiger partial charge in [0.25, 0.3) is 0 Å². The summed E-state index contributed by atoms with van der Waals surface area (Å²) < 4.78 is 5.20. The van der Waals surface area contributed by atoms with Crippen molar-refractivity contribution >= 4 is 17.4 Å². The number of rotatable bonds is 5. The average Bonchev–Trinajstić information content (AvgIpc) is 2.89. The first-order valence-electron chi connectivity index (χ1n) is 6.28. The standard InChI is InChI=1S/C14H18ClNO2/c1-18-14-5-3-11(15)8-12(14)13(17)4-2-10-6-7-16-9-10/h3,5,8,10,16H,2,4,6-7,9H2,1H3. The molecule has 3 nitrogen and oxygen atoms in total. The molecule has 1 aromatic rings. The number of Topliss-reactive ketones (excluding diaryl/α,β-unsaturated/α-hetero) is 1. The number of carbonyl (C=O) groups excluding carboxylic acids is 1. The van der Waals surface area contributed by atoms with E-state index in [0.717, 1.165) is 19.5 Å². The van der Waals surface area contributed by atoms with E-state index in [2.05, 4.69) is 5.32 Å². The van der Waals surface area contributed by atoms with Gasteiger partial charge in [0, 0.05) is 11.4 Å². The van der Waals surface area contributed by atoms with Crippen LogP contribution < -0.4 is 10.1 Å². The Kier molecular flexibility index (Phi) is 4.61. The minimum absolute atomic E-state index is 0.112. The molecule has 1 aromatic carbocycles. The molecule has 4 heteroatoms. The molecule has 0 spiro atoms. The molecular weight excluding hydrogens is 250 g/mol. The molecule has 0 saturated carbocycles. The first kappa shape index (κ1) is 13.4. The maximum absolute atomic E-state index is 12.2. The second-order valence-electron chi connectivity index (χ2n) is 4.67. The Morgan fingerprint density at radius 2 is 2.39 bits per heavy atom. The van der Waals surface area contributed by atoms with E-state index in [1.807, 2.05) is 0 Å². The number of halogens is 1. The Morgan fingerprint density at radius 1 is 1.56 bits per heavy atom. The van der Waals surface area contributed by atoms with Crippen LogP contribution in [-0.2, 0) is 0 Å². The molecule has 98 valence electrons. The molecule has 2 rings (SSSR count). The zero-order valence-corrected chi connectivity index (χ0v) is 11.3. The SMILES string of the molecule is COc1ccc(Cl)cc1C(=O)CCC1CCNC1. The van der Waals surface area contributed by atoms with Crippen LogP contribution in [0.1, 0.15) is 29.6 Å². The highest BCUT2D eigenvalue weighted by molar-refractivity contribution is 6.31. The summed E-state index contributed by atoms with van der Waals surface area (Å²) in [6.45, 7) is 2.10. The number of carbonyl (C=O) groups is 1. The zero-order chi connectivity index (χ0) is 13.0. The van der Waals surface area contributed by atoms with Gasteiger partial charge in [-0.3, -0.25) is 4.79 Å². The fourth-order valence-electron chi connectivity index (χ4n) is 2.33. The Bertz CT molecular complexity index is 428. The van der Waals surface area contributed by atoms with Gasteiger partial charge in [0.15, 0.2) is 5.78 Å². The van der Waals surface area contributed by atoms with E-state index >= 15 is 0 Å². The summed E-state index contributed by atoms with van der Waals surface area (Å²) in [5, 5.41) is 3.88. The molecule has 0 aromatic heterocycles. The summed E-state index contributed by atoms with van der Waals surface area (Å²) in [5.74, 6) is 1.34. The minimum atomic E-state index is 0.112. The third-order valence-electron chi connectivity index (χ3n) is 3.40. The number of hydrogen-bond acceptors (Lipinski definition) is 3. The van der Waals surface area contributed by atoms with Gasteiger partial charge in [0.05, 0.1) is 12.7 Å². The molecule has 1 aliphatic rings. The summed E-state index contributed by atoms with van der Waals surface area (Å²) in [7, 11) is 1.57. The van der Waals surface area contributed by atoms with Crippen LogP contribution in [-0.4, -0.2) is 26.0 Å². The quantitative estimate of drug-likeness (QED) is 0.834. The topological polar surface area (TPSA) is 38.3 Å². The van der Waals surface area contributed by atoms with E-state index in [9.17, 15) is 4.79 Å². The van der Waals surface area contributed by atoms with Crippen molar-refractivity contribution in [2.24, 2.45) is 5.92 Å². The number of benzene rings is 1. The van der Waals surface area contributed by atoms with Crippen molar-refractivity contribution in [3.05, 3.63) is 28.8 Å². The van der Waals surface area contributed by atoms with Gasteiger partial charge in [-0.15, -0.1) is 0 Å². The van der Waals surface area contributed by atoms with E-state index in [0.29, 0.717) is 28.7 Å².